The summed E-state index contributed by atoms with van der Waals surface area (Å²) in [6, 6.07) is 11.8. The van der Waals surface area contributed by atoms with Crippen molar-refractivity contribution < 1.29 is 0 Å². The summed E-state index contributed by atoms with van der Waals surface area (Å²) >= 11 is 5.38. The van der Waals surface area contributed by atoms with Crippen LogP contribution in [0.1, 0.15) is 54.8 Å². The van der Waals surface area contributed by atoms with E-state index >= 15 is 0 Å². The molecule has 0 saturated carbocycles. The molecule has 0 saturated heterocycles. The summed E-state index contributed by atoms with van der Waals surface area (Å²) in [6.07, 6.45) is 5.11. The molecule has 0 spiro atoms. The van der Waals surface area contributed by atoms with E-state index < -0.39 is 0 Å². The molecule has 1 N–H and O–H groups in total. The first-order valence-electron chi connectivity index (χ1n) is 7.83. The lowest BCUT2D eigenvalue weighted by molar-refractivity contribution is 0.426. The summed E-state index contributed by atoms with van der Waals surface area (Å²) < 4.78 is 1.23. The summed E-state index contributed by atoms with van der Waals surface area (Å²) in [5.74, 6) is 0.692. The highest BCUT2D eigenvalue weighted by Gasteiger charge is 2.24. The van der Waals surface area contributed by atoms with Gasteiger partial charge >= 0.3 is 0 Å². The number of nitrogens with one attached hydrogen (secondary N) is 1. The van der Waals surface area contributed by atoms with Gasteiger partial charge in [0, 0.05) is 6.04 Å². The highest BCUT2D eigenvalue weighted by molar-refractivity contribution is 9.11. The number of halogens is 1. The van der Waals surface area contributed by atoms with Gasteiger partial charge in [0.1, 0.15) is 0 Å². The van der Waals surface area contributed by atoms with Gasteiger partial charge in [0.15, 0.2) is 0 Å². The molecule has 0 bridgehead atoms. The molecule has 1 aliphatic carbocycles. The molecule has 1 aromatic heterocycles. The second-order valence-corrected chi connectivity index (χ2v) is 8.11. The minimum absolute atomic E-state index is 0.466. The highest BCUT2D eigenvalue weighted by atomic mass is 79.9. The number of benzene rings is 1. The fourth-order valence-electron chi connectivity index (χ4n) is 3.47. The molecule has 3 rings (SSSR count). The van der Waals surface area contributed by atoms with E-state index in [1.807, 2.05) is 0 Å². The summed E-state index contributed by atoms with van der Waals surface area (Å²) in [5.41, 5.74) is 4.58. The van der Waals surface area contributed by atoms with Crippen LogP contribution in [-0.2, 0) is 6.42 Å². The van der Waals surface area contributed by atoms with Crippen LogP contribution in [0.2, 0.25) is 0 Å². The quantitative estimate of drug-likeness (QED) is 0.721. The molecule has 2 unspecified atom stereocenters. The van der Waals surface area contributed by atoms with Crippen molar-refractivity contribution in [3.63, 3.8) is 0 Å². The van der Waals surface area contributed by atoms with Gasteiger partial charge in [-0.1, -0.05) is 31.2 Å². The topological polar surface area (TPSA) is 12.0 Å². The fourth-order valence-corrected chi connectivity index (χ4v) is 4.70. The molecular weight excluding hydrogens is 342 g/mol. The summed E-state index contributed by atoms with van der Waals surface area (Å²) in [7, 11) is 0. The second kappa shape index (κ2) is 7.08. The zero-order chi connectivity index (χ0) is 14.7. The standard InChI is InChI=1S/C18H22BrNS/c1-2-20-17(15-11-18(19)21-12-15)10-14-8-5-7-13-6-3-4-9-16(13)14/h3-4,6,9,11-12,14,17,20H,2,5,7-8,10H2,1H3. The smallest absolute Gasteiger partial charge is 0.0701 e. The number of fused-ring (bicyclic) bond motifs is 1. The predicted molar refractivity (Wildman–Crippen MR) is 95.2 cm³/mol. The Morgan fingerprint density at radius 3 is 3.00 bits per heavy atom. The molecule has 2 atom stereocenters. The molecule has 2 aromatic rings. The molecular formula is C18H22BrNS. The average Bonchev–Trinajstić information content (AvgIpc) is 2.94. The SMILES string of the molecule is CCNC(CC1CCCc2ccccc21)c1csc(Br)c1. The van der Waals surface area contributed by atoms with Crippen molar-refractivity contribution in [3.05, 3.63) is 56.2 Å². The van der Waals surface area contributed by atoms with E-state index in [-0.39, 0.29) is 0 Å². The first-order valence-corrected chi connectivity index (χ1v) is 9.50. The van der Waals surface area contributed by atoms with Gasteiger partial charge in [0.05, 0.1) is 3.79 Å². The van der Waals surface area contributed by atoms with Gasteiger partial charge in [-0.25, -0.2) is 0 Å². The highest BCUT2D eigenvalue weighted by Crippen LogP contribution is 2.38. The first kappa shape index (κ1) is 15.3. The molecule has 1 aliphatic rings. The van der Waals surface area contributed by atoms with Crippen molar-refractivity contribution in [3.8, 4) is 0 Å². The molecule has 112 valence electrons. The molecule has 3 heteroatoms. The van der Waals surface area contributed by atoms with Crippen LogP contribution in [0.3, 0.4) is 0 Å². The lowest BCUT2D eigenvalue weighted by Crippen LogP contribution is -2.24. The first-order chi connectivity index (χ1) is 10.3. The maximum absolute atomic E-state index is 3.68. The van der Waals surface area contributed by atoms with Gasteiger partial charge in [-0.3, -0.25) is 0 Å². The molecule has 0 radical (unpaired) electrons. The van der Waals surface area contributed by atoms with Crippen LogP contribution in [0, 0.1) is 0 Å². The molecule has 21 heavy (non-hydrogen) atoms. The van der Waals surface area contributed by atoms with Gasteiger partial charge in [-0.05, 0) is 82.2 Å². The molecule has 1 nitrogen and oxygen atoms in total. The molecule has 0 amide bonds. The van der Waals surface area contributed by atoms with Crippen LogP contribution in [0.15, 0.2) is 39.5 Å². The Labute approximate surface area is 139 Å². The zero-order valence-electron chi connectivity index (χ0n) is 12.4. The van der Waals surface area contributed by atoms with E-state index in [2.05, 4.69) is 63.9 Å². The average molecular weight is 364 g/mol. The Balaban J connectivity index is 1.80. The van der Waals surface area contributed by atoms with Crippen LogP contribution in [-0.4, -0.2) is 6.54 Å². The minimum Gasteiger partial charge on any atom is -0.310 e. The van der Waals surface area contributed by atoms with Gasteiger partial charge in [-0.15, -0.1) is 11.3 Å². The van der Waals surface area contributed by atoms with Crippen molar-refractivity contribution in [2.24, 2.45) is 0 Å². The zero-order valence-corrected chi connectivity index (χ0v) is 14.8. The van der Waals surface area contributed by atoms with E-state index in [9.17, 15) is 0 Å². The number of aryl methyl sites for hydroxylation is 1. The van der Waals surface area contributed by atoms with Crippen LogP contribution in [0.5, 0.6) is 0 Å². The number of thiophene rings is 1. The Morgan fingerprint density at radius 1 is 1.38 bits per heavy atom. The Hall–Kier alpha value is -0.640. The van der Waals surface area contributed by atoms with E-state index in [0.717, 1.165) is 6.54 Å². The normalized spacial score (nSPS) is 19.2. The second-order valence-electron chi connectivity index (χ2n) is 5.82. The molecule has 0 aliphatic heterocycles. The van der Waals surface area contributed by atoms with E-state index in [1.54, 1.807) is 22.5 Å². The maximum Gasteiger partial charge on any atom is 0.0701 e. The summed E-state index contributed by atoms with van der Waals surface area (Å²) in [6.45, 7) is 3.22. The lowest BCUT2D eigenvalue weighted by atomic mass is 9.79. The Morgan fingerprint density at radius 2 is 2.24 bits per heavy atom. The third-order valence-corrected chi connectivity index (χ3v) is 5.98. The van der Waals surface area contributed by atoms with Gasteiger partial charge in [-0.2, -0.15) is 0 Å². The lowest BCUT2D eigenvalue weighted by Gasteiger charge is -2.29. The van der Waals surface area contributed by atoms with Crippen molar-refractivity contribution in [1.82, 2.24) is 5.32 Å². The van der Waals surface area contributed by atoms with Crippen molar-refractivity contribution in [2.75, 3.05) is 6.54 Å². The third kappa shape index (κ3) is 3.58. The van der Waals surface area contributed by atoms with Crippen molar-refractivity contribution >= 4 is 27.3 Å². The van der Waals surface area contributed by atoms with Crippen molar-refractivity contribution in [2.45, 2.75) is 44.6 Å². The van der Waals surface area contributed by atoms with Gasteiger partial charge in [0.25, 0.3) is 0 Å². The summed E-state index contributed by atoms with van der Waals surface area (Å²) in [4.78, 5) is 0. The predicted octanol–water partition coefficient (Wildman–Crippen LogP) is 5.67. The van der Waals surface area contributed by atoms with Crippen LogP contribution >= 0.6 is 27.3 Å². The van der Waals surface area contributed by atoms with Crippen LogP contribution in [0.4, 0.5) is 0 Å². The fraction of sp³-hybridized carbons (Fsp3) is 0.444. The monoisotopic (exact) mass is 363 g/mol. The third-order valence-electron chi connectivity index (χ3n) is 4.45. The van der Waals surface area contributed by atoms with Gasteiger partial charge in [0.2, 0.25) is 0 Å². The summed E-state index contributed by atoms with van der Waals surface area (Å²) in [5, 5.41) is 5.96. The molecule has 1 heterocycles. The van der Waals surface area contributed by atoms with Gasteiger partial charge < -0.3 is 5.32 Å². The van der Waals surface area contributed by atoms with Crippen molar-refractivity contribution in [1.29, 1.82) is 0 Å². The number of hydrogen-bond donors (Lipinski definition) is 1. The molecule has 1 aromatic carbocycles. The largest absolute Gasteiger partial charge is 0.310 e. The van der Waals surface area contributed by atoms with E-state index in [4.69, 9.17) is 0 Å². The van der Waals surface area contributed by atoms with E-state index in [0.29, 0.717) is 12.0 Å². The van der Waals surface area contributed by atoms with Crippen LogP contribution in [0.25, 0.3) is 0 Å². The Bertz CT molecular complexity index is 592. The number of hydrogen-bond acceptors (Lipinski definition) is 2. The van der Waals surface area contributed by atoms with E-state index in [1.165, 1.54) is 35.0 Å². The Kier molecular flexibility index (Phi) is 5.15. The van der Waals surface area contributed by atoms with Crippen LogP contribution < -0.4 is 5.32 Å². The number of rotatable bonds is 5. The molecule has 0 fully saturated rings. The maximum atomic E-state index is 3.68. The minimum atomic E-state index is 0.466.